The molecule has 2 aromatic rings. The zero-order valence-corrected chi connectivity index (χ0v) is 11.5. The third-order valence-electron chi connectivity index (χ3n) is 3.05. The number of nitrogens with one attached hydrogen (secondary N) is 1. The Bertz CT molecular complexity index is 525. The first-order valence-electron chi connectivity index (χ1n) is 6.30. The second-order valence-electron chi connectivity index (χ2n) is 4.23. The van der Waals surface area contributed by atoms with Crippen LogP contribution in [0.2, 0.25) is 0 Å². The molecule has 0 spiro atoms. The molecule has 0 aromatic carbocycles. The van der Waals surface area contributed by atoms with Gasteiger partial charge in [-0.25, -0.2) is 4.98 Å². The fraction of sp³-hybridized carbons (Fsp3) is 0.462. The quantitative estimate of drug-likeness (QED) is 0.844. The Morgan fingerprint density at radius 2 is 2.32 bits per heavy atom. The van der Waals surface area contributed by atoms with Crippen LogP contribution in [0.4, 0.5) is 0 Å². The van der Waals surface area contributed by atoms with Gasteiger partial charge in [-0.05, 0) is 12.6 Å². The molecular formula is C13H19N5O. The minimum Gasteiger partial charge on any atom is -0.495 e. The Kier molecular flexibility index (Phi) is 4.46. The summed E-state index contributed by atoms with van der Waals surface area (Å²) in [5.74, 6) is 1.72. The number of hydrogen-bond acceptors (Lipinski definition) is 5. The van der Waals surface area contributed by atoms with Crippen molar-refractivity contribution in [1.29, 1.82) is 0 Å². The van der Waals surface area contributed by atoms with E-state index in [-0.39, 0.29) is 6.04 Å². The van der Waals surface area contributed by atoms with Crippen LogP contribution < -0.4 is 10.1 Å². The van der Waals surface area contributed by atoms with Crippen LogP contribution >= 0.6 is 0 Å². The zero-order chi connectivity index (χ0) is 13.7. The summed E-state index contributed by atoms with van der Waals surface area (Å²) in [4.78, 5) is 8.36. The topological polar surface area (TPSA) is 64.9 Å². The highest BCUT2D eigenvalue weighted by Gasteiger charge is 2.17. The average molecular weight is 261 g/mol. The van der Waals surface area contributed by atoms with Gasteiger partial charge < -0.3 is 10.1 Å². The second kappa shape index (κ2) is 6.29. The SMILES string of the molecule is CCNC(Cc1ncnn1C)c1ccncc1OC. The van der Waals surface area contributed by atoms with Gasteiger partial charge in [0.05, 0.1) is 13.3 Å². The van der Waals surface area contributed by atoms with Crippen LogP contribution in [0.1, 0.15) is 24.4 Å². The van der Waals surface area contributed by atoms with Gasteiger partial charge in [0.25, 0.3) is 0 Å². The van der Waals surface area contributed by atoms with Crippen molar-refractivity contribution in [2.75, 3.05) is 13.7 Å². The van der Waals surface area contributed by atoms with Crippen LogP contribution in [-0.4, -0.2) is 33.4 Å². The molecule has 6 heteroatoms. The maximum Gasteiger partial charge on any atom is 0.141 e. The number of pyridine rings is 1. The summed E-state index contributed by atoms with van der Waals surface area (Å²) in [5, 5.41) is 7.55. The van der Waals surface area contributed by atoms with Crippen molar-refractivity contribution in [2.45, 2.75) is 19.4 Å². The molecular weight excluding hydrogens is 242 g/mol. The average Bonchev–Trinajstić information content (AvgIpc) is 2.84. The Balaban J connectivity index is 2.27. The monoisotopic (exact) mass is 261 g/mol. The summed E-state index contributed by atoms with van der Waals surface area (Å²) in [6.45, 7) is 2.95. The van der Waals surface area contributed by atoms with Crippen LogP contribution in [0.15, 0.2) is 24.8 Å². The molecule has 0 amide bonds. The lowest BCUT2D eigenvalue weighted by molar-refractivity contribution is 0.395. The number of methoxy groups -OCH3 is 1. The van der Waals surface area contributed by atoms with Gasteiger partial charge in [0.2, 0.25) is 0 Å². The summed E-state index contributed by atoms with van der Waals surface area (Å²) < 4.78 is 7.17. The number of hydrogen-bond donors (Lipinski definition) is 1. The van der Waals surface area contributed by atoms with Crippen LogP contribution in [0.3, 0.4) is 0 Å². The maximum atomic E-state index is 5.38. The third kappa shape index (κ3) is 3.08. The second-order valence-corrected chi connectivity index (χ2v) is 4.23. The third-order valence-corrected chi connectivity index (χ3v) is 3.05. The molecule has 6 nitrogen and oxygen atoms in total. The Morgan fingerprint density at radius 3 is 2.95 bits per heavy atom. The van der Waals surface area contributed by atoms with Crippen molar-refractivity contribution in [3.8, 4) is 5.75 Å². The molecule has 1 atom stereocenters. The summed E-state index contributed by atoms with van der Waals surface area (Å²) >= 11 is 0. The van der Waals surface area contributed by atoms with E-state index in [1.807, 2.05) is 13.1 Å². The van der Waals surface area contributed by atoms with Crippen LogP contribution in [0, 0.1) is 0 Å². The molecule has 102 valence electrons. The van der Waals surface area contributed by atoms with Crippen molar-refractivity contribution < 1.29 is 4.74 Å². The number of aryl methyl sites for hydroxylation is 1. The van der Waals surface area contributed by atoms with Crippen LogP contribution in [0.25, 0.3) is 0 Å². The highest BCUT2D eigenvalue weighted by atomic mass is 16.5. The van der Waals surface area contributed by atoms with E-state index in [4.69, 9.17) is 4.74 Å². The van der Waals surface area contributed by atoms with Gasteiger partial charge in [0.1, 0.15) is 17.9 Å². The Labute approximate surface area is 112 Å². The van der Waals surface area contributed by atoms with E-state index in [0.29, 0.717) is 0 Å². The zero-order valence-electron chi connectivity index (χ0n) is 11.5. The van der Waals surface area contributed by atoms with Gasteiger partial charge in [-0.15, -0.1) is 0 Å². The van der Waals surface area contributed by atoms with Crippen LogP contribution in [-0.2, 0) is 13.5 Å². The summed E-state index contributed by atoms with van der Waals surface area (Å²) in [7, 11) is 3.56. The molecule has 2 aromatic heterocycles. The van der Waals surface area contributed by atoms with Gasteiger partial charge in [-0.1, -0.05) is 6.92 Å². The van der Waals surface area contributed by atoms with Gasteiger partial charge in [0, 0.05) is 31.3 Å². The van der Waals surface area contributed by atoms with Crippen molar-refractivity contribution >= 4 is 0 Å². The van der Waals surface area contributed by atoms with E-state index < -0.39 is 0 Å². The van der Waals surface area contributed by atoms with E-state index in [1.165, 1.54) is 0 Å². The smallest absolute Gasteiger partial charge is 0.141 e. The Hall–Kier alpha value is -1.95. The molecule has 0 radical (unpaired) electrons. The molecule has 1 N–H and O–H groups in total. The van der Waals surface area contributed by atoms with Gasteiger partial charge in [-0.3, -0.25) is 9.67 Å². The van der Waals surface area contributed by atoms with Crippen molar-refractivity contribution in [3.63, 3.8) is 0 Å². The fourth-order valence-electron chi connectivity index (χ4n) is 2.08. The molecule has 2 heterocycles. The molecule has 0 saturated heterocycles. The van der Waals surface area contributed by atoms with Crippen molar-refractivity contribution in [3.05, 3.63) is 36.2 Å². The maximum absolute atomic E-state index is 5.38. The van der Waals surface area contributed by atoms with E-state index in [1.54, 1.807) is 30.5 Å². The molecule has 1 unspecified atom stereocenters. The fourth-order valence-corrected chi connectivity index (χ4v) is 2.08. The molecule has 0 fully saturated rings. The lowest BCUT2D eigenvalue weighted by atomic mass is 10.0. The van der Waals surface area contributed by atoms with E-state index in [9.17, 15) is 0 Å². The first kappa shape index (κ1) is 13.5. The normalized spacial score (nSPS) is 12.4. The van der Waals surface area contributed by atoms with Gasteiger partial charge in [0.15, 0.2) is 0 Å². The van der Waals surface area contributed by atoms with Crippen molar-refractivity contribution in [1.82, 2.24) is 25.1 Å². The lowest BCUT2D eigenvalue weighted by Crippen LogP contribution is -2.24. The van der Waals surface area contributed by atoms with Gasteiger partial charge in [-0.2, -0.15) is 5.10 Å². The molecule has 0 aliphatic carbocycles. The molecule has 2 rings (SSSR count). The lowest BCUT2D eigenvalue weighted by Gasteiger charge is -2.19. The summed E-state index contributed by atoms with van der Waals surface area (Å²) in [6.07, 6.45) is 5.84. The van der Waals surface area contributed by atoms with E-state index in [2.05, 4.69) is 27.3 Å². The summed E-state index contributed by atoms with van der Waals surface area (Å²) in [5.41, 5.74) is 1.09. The molecule has 19 heavy (non-hydrogen) atoms. The number of likely N-dealkylation sites (N-methyl/N-ethyl adjacent to an activating group) is 1. The van der Waals surface area contributed by atoms with Crippen molar-refractivity contribution in [2.24, 2.45) is 7.05 Å². The predicted molar refractivity (Wildman–Crippen MR) is 71.9 cm³/mol. The predicted octanol–water partition coefficient (Wildman–Crippen LogP) is 1.11. The number of aromatic nitrogens is 4. The van der Waals surface area contributed by atoms with E-state index >= 15 is 0 Å². The minimum absolute atomic E-state index is 0.130. The van der Waals surface area contributed by atoms with E-state index in [0.717, 1.165) is 30.1 Å². The molecule has 0 bridgehead atoms. The first-order chi connectivity index (χ1) is 9.26. The molecule has 0 aliphatic heterocycles. The van der Waals surface area contributed by atoms with Crippen LogP contribution in [0.5, 0.6) is 5.75 Å². The molecule has 0 saturated carbocycles. The van der Waals surface area contributed by atoms with Gasteiger partial charge >= 0.3 is 0 Å². The largest absolute Gasteiger partial charge is 0.495 e. The highest BCUT2D eigenvalue weighted by molar-refractivity contribution is 5.33. The molecule has 0 aliphatic rings. The highest BCUT2D eigenvalue weighted by Crippen LogP contribution is 2.25. The minimum atomic E-state index is 0.130. The number of rotatable bonds is 6. The Morgan fingerprint density at radius 1 is 1.47 bits per heavy atom. The first-order valence-corrected chi connectivity index (χ1v) is 6.30. The number of ether oxygens (including phenoxy) is 1. The number of nitrogens with zero attached hydrogens (tertiary/aromatic N) is 4. The standard InChI is InChI=1S/C13H19N5O/c1-4-15-11(7-13-16-9-17-18(13)2)10-5-6-14-8-12(10)19-3/h5-6,8-9,11,15H,4,7H2,1-3H3. The summed E-state index contributed by atoms with van der Waals surface area (Å²) in [6, 6.07) is 2.11.